The highest BCUT2D eigenvalue weighted by Crippen LogP contribution is 2.29. The summed E-state index contributed by atoms with van der Waals surface area (Å²) in [6.07, 6.45) is 5.13. The molecule has 0 spiro atoms. The Bertz CT molecular complexity index is 971. The van der Waals surface area contributed by atoms with Crippen molar-refractivity contribution >= 4 is 22.5 Å². The van der Waals surface area contributed by atoms with Gasteiger partial charge in [0.05, 0.1) is 5.52 Å². The minimum absolute atomic E-state index is 0.211. The molecule has 3 aromatic rings. The Morgan fingerprint density at radius 2 is 2.04 bits per heavy atom. The number of pyridine rings is 1. The van der Waals surface area contributed by atoms with Gasteiger partial charge in [-0.15, -0.1) is 5.10 Å². The van der Waals surface area contributed by atoms with Gasteiger partial charge in [-0.05, 0) is 54.3 Å². The second-order valence-electron chi connectivity index (χ2n) is 7.34. The van der Waals surface area contributed by atoms with Gasteiger partial charge in [0.25, 0.3) is 0 Å². The van der Waals surface area contributed by atoms with Crippen LogP contribution in [0.25, 0.3) is 16.6 Å². The van der Waals surface area contributed by atoms with Crippen molar-refractivity contribution in [2.45, 2.75) is 65.5 Å². The maximum atomic E-state index is 12.6. The molecule has 4 rings (SSSR count). The number of amides is 1. The fourth-order valence-corrected chi connectivity index (χ4v) is 4.15. The third-order valence-corrected chi connectivity index (χ3v) is 5.76. The number of benzene rings is 1. The molecule has 1 saturated carbocycles. The van der Waals surface area contributed by atoms with Crippen molar-refractivity contribution in [3.05, 3.63) is 34.9 Å². The molecular formula is C20H25N5O. The second kappa shape index (κ2) is 6.67. The van der Waals surface area contributed by atoms with Crippen LogP contribution in [-0.2, 0) is 11.3 Å². The van der Waals surface area contributed by atoms with Gasteiger partial charge in [0.1, 0.15) is 0 Å². The number of nitrogens with zero attached hydrogens (tertiary/aromatic N) is 5. The summed E-state index contributed by atoms with van der Waals surface area (Å²) in [5.74, 6) is 0.211. The van der Waals surface area contributed by atoms with E-state index in [2.05, 4.69) is 47.6 Å². The zero-order chi connectivity index (χ0) is 18.3. The van der Waals surface area contributed by atoms with E-state index >= 15 is 0 Å². The van der Waals surface area contributed by atoms with Gasteiger partial charge in [-0.3, -0.25) is 4.79 Å². The third kappa shape index (κ3) is 2.73. The van der Waals surface area contributed by atoms with Crippen molar-refractivity contribution in [3.63, 3.8) is 0 Å². The largest absolute Gasteiger partial charge is 0.335 e. The Hall–Kier alpha value is -2.50. The molecule has 2 heterocycles. The van der Waals surface area contributed by atoms with Crippen molar-refractivity contribution in [1.29, 1.82) is 0 Å². The van der Waals surface area contributed by atoms with Gasteiger partial charge in [-0.25, -0.2) is 0 Å². The van der Waals surface area contributed by atoms with E-state index in [-0.39, 0.29) is 5.91 Å². The third-order valence-electron chi connectivity index (χ3n) is 5.76. The second-order valence-corrected chi connectivity index (χ2v) is 7.34. The summed E-state index contributed by atoms with van der Waals surface area (Å²) >= 11 is 0. The summed E-state index contributed by atoms with van der Waals surface area (Å²) < 4.78 is 1.83. The van der Waals surface area contributed by atoms with E-state index in [0.29, 0.717) is 19.0 Å². The fourth-order valence-electron chi connectivity index (χ4n) is 4.15. The first kappa shape index (κ1) is 16.9. The summed E-state index contributed by atoms with van der Waals surface area (Å²) in [4.78, 5) is 14.7. The lowest BCUT2D eigenvalue weighted by Crippen LogP contribution is -2.38. The molecule has 1 aliphatic rings. The SMILES string of the molecule is CCC(=O)N(Cc1cc2ccc(C)c(C)c2n2nnnc12)C1CCCC1. The fraction of sp³-hybridized carbons (Fsp3) is 0.500. The number of carbonyl (C=O) groups excluding carboxylic acids is 1. The lowest BCUT2D eigenvalue weighted by Gasteiger charge is -2.29. The van der Waals surface area contributed by atoms with Crippen LogP contribution in [-0.4, -0.2) is 36.9 Å². The summed E-state index contributed by atoms with van der Waals surface area (Å²) in [5, 5.41) is 13.5. The minimum atomic E-state index is 0.211. The molecule has 1 fully saturated rings. The highest BCUT2D eigenvalue weighted by atomic mass is 16.2. The highest BCUT2D eigenvalue weighted by molar-refractivity contribution is 5.87. The molecular weight excluding hydrogens is 326 g/mol. The van der Waals surface area contributed by atoms with Crippen LogP contribution >= 0.6 is 0 Å². The highest BCUT2D eigenvalue weighted by Gasteiger charge is 2.27. The number of fused-ring (bicyclic) bond motifs is 3. The van der Waals surface area contributed by atoms with E-state index in [1.165, 1.54) is 24.0 Å². The van der Waals surface area contributed by atoms with Gasteiger partial charge in [-0.2, -0.15) is 4.52 Å². The molecule has 2 aromatic heterocycles. The number of hydrogen-bond acceptors (Lipinski definition) is 4. The number of aromatic nitrogens is 4. The molecule has 6 nitrogen and oxygen atoms in total. The molecule has 1 amide bonds. The van der Waals surface area contributed by atoms with Crippen molar-refractivity contribution in [3.8, 4) is 0 Å². The molecule has 0 bridgehead atoms. The van der Waals surface area contributed by atoms with Gasteiger partial charge < -0.3 is 4.90 Å². The lowest BCUT2D eigenvalue weighted by atomic mass is 10.0. The predicted octanol–water partition coefficient (Wildman–Crippen LogP) is 3.58. The van der Waals surface area contributed by atoms with E-state index in [9.17, 15) is 4.79 Å². The van der Waals surface area contributed by atoms with E-state index in [1.807, 2.05) is 16.3 Å². The number of carbonyl (C=O) groups is 1. The molecule has 0 aliphatic heterocycles. The maximum Gasteiger partial charge on any atom is 0.222 e. The van der Waals surface area contributed by atoms with E-state index in [1.54, 1.807) is 0 Å². The smallest absolute Gasteiger partial charge is 0.222 e. The van der Waals surface area contributed by atoms with Gasteiger partial charge in [0.15, 0.2) is 5.65 Å². The van der Waals surface area contributed by atoms with Crippen molar-refractivity contribution in [2.24, 2.45) is 0 Å². The Morgan fingerprint density at radius 3 is 2.77 bits per heavy atom. The van der Waals surface area contributed by atoms with Crippen LogP contribution in [0.3, 0.4) is 0 Å². The summed E-state index contributed by atoms with van der Waals surface area (Å²) in [6, 6.07) is 6.74. The number of aryl methyl sites for hydroxylation is 2. The van der Waals surface area contributed by atoms with Crippen LogP contribution in [0.5, 0.6) is 0 Å². The molecule has 26 heavy (non-hydrogen) atoms. The first-order valence-electron chi connectivity index (χ1n) is 9.49. The molecule has 0 saturated heterocycles. The van der Waals surface area contributed by atoms with Crippen molar-refractivity contribution in [2.75, 3.05) is 0 Å². The number of hydrogen-bond donors (Lipinski definition) is 0. The lowest BCUT2D eigenvalue weighted by molar-refractivity contribution is -0.133. The van der Waals surface area contributed by atoms with E-state index < -0.39 is 0 Å². The zero-order valence-corrected chi connectivity index (χ0v) is 15.7. The first-order chi connectivity index (χ1) is 12.6. The first-order valence-corrected chi connectivity index (χ1v) is 9.49. The summed E-state index contributed by atoms with van der Waals surface area (Å²) in [6.45, 7) is 6.71. The topological polar surface area (TPSA) is 63.4 Å². The zero-order valence-electron chi connectivity index (χ0n) is 15.7. The Kier molecular flexibility index (Phi) is 4.34. The van der Waals surface area contributed by atoms with Gasteiger partial charge >= 0.3 is 0 Å². The Labute approximate surface area is 153 Å². The quantitative estimate of drug-likeness (QED) is 0.721. The molecule has 6 heteroatoms. The molecule has 0 radical (unpaired) electrons. The molecule has 0 N–H and O–H groups in total. The molecule has 1 aromatic carbocycles. The van der Waals surface area contributed by atoms with Crippen LogP contribution in [0, 0.1) is 13.8 Å². The molecule has 0 unspecified atom stereocenters. The Balaban J connectivity index is 1.83. The van der Waals surface area contributed by atoms with E-state index in [4.69, 9.17) is 0 Å². The number of rotatable bonds is 4. The molecule has 136 valence electrons. The van der Waals surface area contributed by atoms with Crippen LogP contribution in [0.2, 0.25) is 0 Å². The van der Waals surface area contributed by atoms with Gasteiger partial charge in [0.2, 0.25) is 5.91 Å². The Morgan fingerprint density at radius 1 is 1.27 bits per heavy atom. The average Bonchev–Trinajstić information content (AvgIpc) is 3.33. The molecule has 1 aliphatic carbocycles. The van der Waals surface area contributed by atoms with Gasteiger partial charge in [-0.1, -0.05) is 31.9 Å². The number of tetrazole rings is 1. The van der Waals surface area contributed by atoms with Crippen LogP contribution in [0.15, 0.2) is 18.2 Å². The normalized spacial score (nSPS) is 15.2. The van der Waals surface area contributed by atoms with Crippen LogP contribution in [0.1, 0.15) is 55.7 Å². The maximum absolute atomic E-state index is 12.6. The van der Waals surface area contributed by atoms with Gasteiger partial charge in [0, 0.05) is 30.0 Å². The van der Waals surface area contributed by atoms with Crippen molar-refractivity contribution < 1.29 is 4.79 Å². The summed E-state index contributed by atoms with van der Waals surface area (Å²) in [7, 11) is 0. The predicted molar refractivity (Wildman–Crippen MR) is 101 cm³/mol. The standard InChI is InChI=1S/C20H25N5O/c1-4-18(26)24(17-7-5-6-8-17)12-16-11-15-10-9-13(2)14(3)19(15)25-20(16)21-22-23-25/h9-11,17H,4-8,12H2,1-3H3. The average molecular weight is 351 g/mol. The van der Waals surface area contributed by atoms with Crippen molar-refractivity contribution in [1.82, 2.24) is 24.9 Å². The van der Waals surface area contributed by atoms with Crippen LogP contribution < -0.4 is 0 Å². The summed E-state index contributed by atoms with van der Waals surface area (Å²) in [5.41, 5.74) is 5.21. The minimum Gasteiger partial charge on any atom is -0.335 e. The van der Waals surface area contributed by atoms with E-state index in [0.717, 1.165) is 35.0 Å². The molecule has 0 atom stereocenters. The van der Waals surface area contributed by atoms with Crippen LogP contribution in [0.4, 0.5) is 0 Å². The monoisotopic (exact) mass is 351 g/mol.